The standard InChI is InChI=1S/C14H20N2S3/c1-5-9-15(10-6-2)13(17)19-14(18)16(11-7-3)12-8-4/h5-8H,1-4,9-12H2. The Morgan fingerprint density at radius 2 is 1.00 bits per heavy atom. The van der Waals surface area contributed by atoms with Crippen LogP contribution in [0.15, 0.2) is 50.6 Å². The third-order valence-corrected chi connectivity index (χ3v) is 3.97. The molecule has 0 radical (unpaired) electrons. The van der Waals surface area contributed by atoms with Gasteiger partial charge >= 0.3 is 0 Å². The van der Waals surface area contributed by atoms with E-state index in [-0.39, 0.29) is 0 Å². The molecule has 0 spiro atoms. The molecule has 0 atom stereocenters. The molecule has 0 aromatic rings. The van der Waals surface area contributed by atoms with Gasteiger partial charge in [0, 0.05) is 26.2 Å². The van der Waals surface area contributed by atoms with Crippen molar-refractivity contribution < 1.29 is 0 Å². The highest BCUT2D eigenvalue weighted by molar-refractivity contribution is 8.37. The summed E-state index contributed by atoms with van der Waals surface area (Å²) < 4.78 is 1.45. The van der Waals surface area contributed by atoms with Crippen LogP contribution in [-0.2, 0) is 0 Å². The van der Waals surface area contributed by atoms with Crippen molar-refractivity contribution in [1.82, 2.24) is 9.80 Å². The maximum Gasteiger partial charge on any atom is 0.143 e. The van der Waals surface area contributed by atoms with Gasteiger partial charge in [0.25, 0.3) is 0 Å². The van der Waals surface area contributed by atoms with E-state index in [1.807, 2.05) is 34.1 Å². The van der Waals surface area contributed by atoms with E-state index >= 15 is 0 Å². The minimum atomic E-state index is 0.684. The first-order chi connectivity index (χ1) is 9.10. The second-order valence-corrected chi connectivity index (χ2v) is 5.87. The third-order valence-electron chi connectivity index (χ3n) is 2.09. The minimum Gasteiger partial charge on any atom is -0.350 e. The fourth-order valence-corrected chi connectivity index (χ4v) is 2.91. The quantitative estimate of drug-likeness (QED) is 0.497. The predicted octanol–water partition coefficient (Wildman–Crippen LogP) is 3.64. The summed E-state index contributed by atoms with van der Waals surface area (Å²) in [5, 5.41) is 0. The average Bonchev–Trinajstić information content (AvgIpc) is 2.38. The van der Waals surface area contributed by atoms with Gasteiger partial charge in [0.05, 0.1) is 0 Å². The van der Waals surface area contributed by atoms with E-state index in [1.54, 1.807) is 0 Å². The van der Waals surface area contributed by atoms with Crippen LogP contribution < -0.4 is 0 Å². The highest BCUT2D eigenvalue weighted by atomic mass is 32.2. The van der Waals surface area contributed by atoms with Crippen molar-refractivity contribution in [3.8, 4) is 0 Å². The second-order valence-electron chi connectivity index (χ2n) is 3.60. The van der Waals surface area contributed by atoms with Gasteiger partial charge in [-0.1, -0.05) is 48.7 Å². The lowest BCUT2D eigenvalue weighted by Crippen LogP contribution is -2.33. The zero-order valence-electron chi connectivity index (χ0n) is 11.1. The predicted molar refractivity (Wildman–Crippen MR) is 96.7 cm³/mol. The Morgan fingerprint density at radius 1 is 0.737 bits per heavy atom. The van der Waals surface area contributed by atoms with Gasteiger partial charge in [0.1, 0.15) is 8.64 Å². The van der Waals surface area contributed by atoms with Crippen LogP contribution in [0.4, 0.5) is 0 Å². The van der Waals surface area contributed by atoms with Crippen LogP contribution in [0.25, 0.3) is 0 Å². The first-order valence-corrected chi connectivity index (χ1v) is 7.43. The Hall–Kier alpha value is -0.910. The minimum absolute atomic E-state index is 0.684. The summed E-state index contributed by atoms with van der Waals surface area (Å²) in [7, 11) is 0. The van der Waals surface area contributed by atoms with Crippen LogP contribution in [0.2, 0.25) is 0 Å². The molecule has 0 N–H and O–H groups in total. The molecule has 0 aliphatic rings. The number of rotatable bonds is 8. The number of hydrogen-bond donors (Lipinski definition) is 0. The van der Waals surface area contributed by atoms with E-state index in [0.717, 1.165) is 8.64 Å². The van der Waals surface area contributed by atoms with E-state index in [1.165, 1.54) is 11.8 Å². The van der Waals surface area contributed by atoms with Gasteiger partial charge in [-0.15, -0.1) is 26.3 Å². The van der Waals surface area contributed by atoms with Crippen LogP contribution in [0, 0.1) is 0 Å². The van der Waals surface area contributed by atoms with Crippen LogP contribution >= 0.6 is 36.2 Å². The Labute approximate surface area is 131 Å². The normalized spacial score (nSPS) is 9.26. The smallest absolute Gasteiger partial charge is 0.143 e. The lowest BCUT2D eigenvalue weighted by atomic mass is 10.5. The Balaban J connectivity index is 4.60. The Kier molecular flexibility index (Phi) is 10.4. The summed E-state index contributed by atoms with van der Waals surface area (Å²) in [5.41, 5.74) is 0. The number of thioether (sulfide) groups is 1. The second kappa shape index (κ2) is 11.0. The molecular weight excluding hydrogens is 292 g/mol. The number of hydrogen-bond acceptors (Lipinski definition) is 3. The molecule has 5 heteroatoms. The van der Waals surface area contributed by atoms with E-state index in [4.69, 9.17) is 24.4 Å². The third kappa shape index (κ3) is 7.30. The Morgan fingerprint density at radius 3 is 1.21 bits per heavy atom. The lowest BCUT2D eigenvalue weighted by molar-refractivity contribution is 0.528. The summed E-state index contributed by atoms with van der Waals surface area (Å²) in [5.74, 6) is 0. The SMILES string of the molecule is C=CCN(CC=C)C(=S)SC(=S)N(CC=C)CC=C. The summed E-state index contributed by atoms with van der Waals surface area (Å²) in [4.78, 5) is 3.98. The molecule has 0 heterocycles. The molecule has 0 bridgehead atoms. The van der Waals surface area contributed by atoms with Crippen molar-refractivity contribution >= 4 is 44.8 Å². The molecule has 0 fully saturated rings. The van der Waals surface area contributed by atoms with Gasteiger partial charge in [-0.25, -0.2) is 0 Å². The van der Waals surface area contributed by atoms with Crippen molar-refractivity contribution in [2.45, 2.75) is 0 Å². The van der Waals surface area contributed by atoms with Crippen LogP contribution in [0.5, 0.6) is 0 Å². The summed E-state index contributed by atoms with van der Waals surface area (Å²) >= 11 is 12.2. The highest BCUT2D eigenvalue weighted by Crippen LogP contribution is 2.15. The molecule has 2 nitrogen and oxygen atoms in total. The monoisotopic (exact) mass is 312 g/mol. The average molecular weight is 313 g/mol. The fourth-order valence-electron chi connectivity index (χ4n) is 1.27. The molecular formula is C14H20N2S3. The van der Waals surface area contributed by atoms with Gasteiger partial charge in [-0.05, 0) is 11.8 Å². The summed E-state index contributed by atoms with van der Waals surface area (Å²) in [6.45, 7) is 17.6. The maximum absolute atomic E-state index is 5.40. The molecule has 0 amide bonds. The molecule has 0 unspecified atom stereocenters. The summed E-state index contributed by atoms with van der Waals surface area (Å²) in [6, 6.07) is 0. The molecule has 0 aromatic carbocycles. The summed E-state index contributed by atoms with van der Waals surface area (Å²) in [6.07, 6.45) is 7.24. The molecule has 19 heavy (non-hydrogen) atoms. The molecule has 0 aliphatic heterocycles. The van der Waals surface area contributed by atoms with Gasteiger partial charge in [-0.3, -0.25) is 0 Å². The number of nitrogens with zero attached hydrogens (tertiary/aromatic N) is 2. The topological polar surface area (TPSA) is 6.48 Å². The first-order valence-electron chi connectivity index (χ1n) is 5.79. The molecule has 0 aliphatic carbocycles. The zero-order valence-corrected chi connectivity index (χ0v) is 13.5. The fraction of sp³-hybridized carbons (Fsp3) is 0.286. The molecule has 104 valence electrons. The van der Waals surface area contributed by atoms with Gasteiger partial charge in [-0.2, -0.15) is 0 Å². The maximum atomic E-state index is 5.40. The molecule has 0 aromatic heterocycles. The molecule has 0 saturated carbocycles. The van der Waals surface area contributed by atoms with Crippen molar-refractivity contribution in [2.75, 3.05) is 26.2 Å². The van der Waals surface area contributed by atoms with E-state index in [0.29, 0.717) is 26.2 Å². The van der Waals surface area contributed by atoms with Crippen molar-refractivity contribution in [3.63, 3.8) is 0 Å². The van der Waals surface area contributed by atoms with Crippen molar-refractivity contribution in [3.05, 3.63) is 50.6 Å². The zero-order chi connectivity index (χ0) is 14.7. The van der Waals surface area contributed by atoms with E-state index in [2.05, 4.69) is 26.3 Å². The van der Waals surface area contributed by atoms with Gasteiger partial charge < -0.3 is 9.80 Å². The van der Waals surface area contributed by atoms with Crippen LogP contribution in [-0.4, -0.2) is 44.6 Å². The van der Waals surface area contributed by atoms with Crippen LogP contribution in [0.3, 0.4) is 0 Å². The van der Waals surface area contributed by atoms with Crippen molar-refractivity contribution in [1.29, 1.82) is 0 Å². The van der Waals surface area contributed by atoms with Gasteiger partial charge in [0.2, 0.25) is 0 Å². The molecule has 0 saturated heterocycles. The van der Waals surface area contributed by atoms with Crippen molar-refractivity contribution in [2.24, 2.45) is 0 Å². The van der Waals surface area contributed by atoms with Gasteiger partial charge in [0.15, 0.2) is 0 Å². The largest absolute Gasteiger partial charge is 0.350 e. The molecule has 0 rings (SSSR count). The van der Waals surface area contributed by atoms with E-state index < -0.39 is 0 Å². The van der Waals surface area contributed by atoms with Crippen LogP contribution in [0.1, 0.15) is 0 Å². The highest BCUT2D eigenvalue weighted by Gasteiger charge is 2.14. The lowest BCUT2D eigenvalue weighted by Gasteiger charge is -2.26. The first kappa shape index (κ1) is 18.1. The van der Waals surface area contributed by atoms with E-state index in [9.17, 15) is 0 Å². The number of thiocarbonyl (C=S) groups is 2. The Bertz CT molecular complexity index is 310.